The lowest BCUT2D eigenvalue weighted by Crippen LogP contribution is -2.40. The number of nitrogens with one attached hydrogen (secondary N) is 1. The standard InChI is InChI=1S/C14H18BrFN2O/c15-12-8-11(4-5-13(12)16)9-17-10-14(19)18-6-2-1-3-7-18/h4-5,8,17H,1-3,6-7,9-10H2. The van der Waals surface area contributed by atoms with Crippen molar-refractivity contribution in [3.8, 4) is 0 Å². The van der Waals surface area contributed by atoms with Gasteiger partial charge in [-0.3, -0.25) is 4.79 Å². The van der Waals surface area contributed by atoms with Gasteiger partial charge < -0.3 is 10.2 Å². The normalized spacial score (nSPS) is 15.6. The first-order valence-electron chi connectivity index (χ1n) is 6.59. The molecule has 3 nitrogen and oxygen atoms in total. The van der Waals surface area contributed by atoms with E-state index in [-0.39, 0.29) is 11.7 Å². The summed E-state index contributed by atoms with van der Waals surface area (Å²) >= 11 is 3.15. The number of hydrogen-bond donors (Lipinski definition) is 1. The molecule has 2 rings (SSSR count). The van der Waals surface area contributed by atoms with Crippen LogP contribution in [0.1, 0.15) is 24.8 Å². The monoisotopic (exact) mass is 328 g/mol. The van der Waals surface area contributed by atoms with Crippen molar-refractivity contribution in [2.45, 2.75) is 25.8 Å². The lowest BCUT2D eigenvalue weighted by molar-refractivity contribution is -0.131. The second-order valence-electron chi connectivity index (χ2n) is 4.79. The maximum absolute atomic E-state index is 13.1. The fourth-order valence-electron chi connectivity index (χ4n) is 2.22. The van der Waals surface area contributed by atoms with Gasteiger partial charge in [0.1, 0.15) is 5.82 Å². The Morgan fingerprint density at radius 2 is 2.05 bits per heavy atom. The summed E-state index contributed by atoms with van der Waals surface area (Å²) in [6, 6.07) is 4.87. The van der Waals surface area contributed by atoms with E-state index in [1.807, 2.05) is 4.90 Å². The lowest BCUT2D eigenvalue weighted by atomic mass is 10.1. The Hall–Kier alpha value is -0.940. The molecule has 0 radical (unpaired) electrons. The van der Waals surface area contributed by atoms with Crippen molar-refractivity contribution in [1.82, 2.24) is 10.2 Å². The van der Waals surface area contributed by atoms with E-state index < -0.39 is 0 Å². The molecule has 1 aromatic rings. The summed E-state index contributed by atoms with van der Waals surface area (Å²) in [7, 11) is 0. The van der Waals surface area contributed by atoms with Crippen LogP contribution in [0.15, 0.2) is 22.7 Å². The van der Waals surface area contributed by atoms with Crippen LogP contribution in [-0.2, 0) is 11.3 Å². The third-order valence-corrected chi connectivity index (χ3v) is 3.91. The van der Waals surface area contributed by atoms with E-state index in [0.717, 1.165) is 31.5 Å². The van der Waals surface area contributed by atoms with Crippen LogP contribution >= 0.6 is 15.9 Å². The highest BCUT2D eigenvalue weighted by Gasteiger charge is 2.15. The maximum Gasteiger partial charge on any atom is 0.236 e. The van der Waals surface area contributed by atoms with Gasteiger partial charge in [-0.1, -0.05) is 6.07 Å². The topological polar surface area (TPSA) is 32.3 Å². The molecule has 0 unspecified atom stereocenters. The summed E-state index contributed by atoms with van der Waals surface area (Å²) in [4.78, 5) is 13.8. The molecule has 1 aliphatic heterocycles. The first-order chi connectivity index (χ1) is 9.16. The zero-order valence-electron chi connectivity index (χ0n) is 10.8. The average Bonchev–Trinajstić information content (AvgIpc) is 2.43. The van der Waals surface area contributed by atoms with Crippen molar-refractivity contribution < 1.29 is 9.18 Å². The molecule has 0 aliphatic carbocycles. The van der Waals surface area contributed by atoms with Gasteiger partial charge in [-0.05, 0) is 52.9 Å². The number of rotatable bonds is 4. The van der Waals surface area contributed by atoms with Crippen molar-refractivity contribution in [3.63, 3.8) is 0 Å². The number of amides is 1. The van der Waals surface area contributed by atoms with Gasteiger partial charge in [-0.25, -0.2) is 4.39 Å². The summed E-state index contributed by atoms with van der Waals surface area (Å²) in [6.45, 7) is 2.67. The minimum Gasteiger partial charge on any atom is -0.342 e. The van der Waals surface area contributed by atoms with Crippen molar-refractivity contribution >= 4 is 21.8 Å². The maximum atomic E-state index is 13.1. The van der Waals surface area contributed by atoms with E-state index in [0.29, 0.717) is 17.6 Å². The molecule has 19 heavy (non-hydrogen) atoms. The van der Waals surface area contributed by atoms with Crippen molar-refractivity contribution in [2.24, 2.45) is 0 Å². The van der Waals surface area contributed by atoms with Crippen molar-refractivity contribution in [2.75, 3.05) is 19.6 Å². The first kappa shape index (κ1) is 14.5. The number of nitrogens with zero attached hydrogens (tertiary/aromatic N) is 1. The van der Waals surface area contributed by atoms with Gasteiger partial charge in [0.2, 0.25) is 5.91 Å². The Kier molecular flexibility index (Phi) is 5.34. The molecule has 1 aliphatic rings. The smallest absolute Gasteiger partial charge is 0.236 e. The summed E-state index contributed by atoms with van der Waals surface area (Å²) in [5, 5.41) is 3.11. The number of carbonyl (C=O) groups is 1. The van der Waals surface area contributed by atoms with E-state index in [9.17, 15) is 9.18 Å². The molecule has 5 heteroatoms. The average molecular weight is 329 g/mol. The summed E-state index contributed by atoms with van der Waals surface area (Å²) < 4.78 is 13.5. The summed E-state index contributed by atoms with van der Waals surface area (Å²) in [5.74, 6) is -0.117. The van der Waals surface area contributed by atoms with Crippen molar-refractivity contribution in [3.05, 3.63) is 34.1 Å². The largest absolute Gasteiger partial charge is 0.342 e. The van der Waals surface area contributed by atoms with Gasteiger partial charge in [0.25, 0.3) is 0 Å². The molecule has 104 valence electrons. The van der Waals surface area contributed by atoms with Gasteiger partial charge in [-0.15, -0.1) is 0 Å². The highest BCUT2D eigenvalue weighted by Crippen LogP contribution is 2.16. The minimum absolute atomic E-state index is 0.154. The molecule has 1 heterocycles. The zero-order chi connectivity index (χ0) is 13.7. The first-order valence-corrected chi connectivity index (χ1v) is 7.38. The summed E-state index contributed by atoms with van der Waals surface area (Å²) in [6.07, 6.45) is 3.44. The van der Waals surface area contributed by atoms with E-state index in [2.05, 4.69) is 21.2 Å². The zero-order valence-corrected chi connectivity index (χ0v) is 12.4. The Balaban J connectivity index is 1.76. The summed E-state index contributed by atoms with van der Waals surface area (Å²) in [5.41, 5.74) is 0.958. The highest BCUT2D eigenvalue weighted by molar-refractivity contribution is 9.10. The molecule has 0 spiro atoms. The molecule has 1 N–H and O–H groups in total. The quantitative estimate of drug-likeness (QED) is 0.921. The van der Waals surface area contributed by atoms with Crippen LogP contribution in [0, 0.1) is 5.82 Å². The van der Waals surface area contributed by atoms with Crippen LogP contribution in [0.2, 0.25) is 0 Å². The second-order valence-corrected chi connectivity index (χ2v) is 5.65. The van der Waals surface area contributed by atoms with Crippen LogP contribution in [-0.4, -0.2) is 30.4 Å². The number of carbonyl (C=O) groups excluding carboxylic acids is 1. The van der Waals surface area contributed by atoms with Gasteiger partial charge in [0.15, 0.2) is 0 Å². The molecule has 0 bridgehead atoms. The molecule has 1 fully saturated rings. The van der Waals surface area contributed by atoms with Crippen molar-refractivity contribution in [1.29, 1.82) is 0 Å². The van der Waals surface area contributed by atoms with Crippen LogP contribution in [0.4, 0.5) is 4.39 Å². The van der Waals surface area contributed by atoms with E-state index in [1.54, 1.807) is 12.1 Å². The fraction of sp³-hybridized carbons (Fsp3) is 0.500. The lowest BCUT2D eigenvalue weighted by Gasteiger charge is -2.26. The predicted octanol–water partition coefficient (Wildman–Crippen LogP) is 2.69. The molecule has 1 amide bonds. The fourth-order valence-corrected chi connectivity index (χ4v) is 2.64. The third kappa shape index (κ3) is 4.28. The van der Waals surface area contributed by atoms with Gasteiger partial charge in [0, 0.05) is 19.6 Å². The molecular formula is C14H18BrFN2O. The van der Waals surface area contributed by atoms with Crippen LogP contribution < -0.4 is 5.32 Å². The number of benzene rings is 1. The number of piperidine rings is 1. The SMILES string of the molecule is O=C(CNCc1ccc(F)c(Br)c1)N1CCCCC1. The predicted molar refractivity (Wildman–Crippen MR) is 76.2 cm³/mol. The van der Waals surface area contributed by atoms with Gasteiger partial charge >= 0.3 is 0 Å². The number of halogens is 2. The molecule has 0 atom stereocenters. The molecule has 0 aromatic heterocycles. The Bertz CT molecular complexity index is 447. The van der Waals surface area contributed by atoms with Crippen LogP contribution in [0.5, 0.6) is 0 Å². The third-order valence-electron chi connectivity index (χ3n) is 3.30. The van der Waals surface area contributed by atoms with E-state index >= 15 is 0 Å². The van der Waals surface area contributed by atoms with Crippen LogP contribution in [0.3, 0.4) is 0 Å². The number of likely N-dealkylation sites (tertiary alicyclic amines) is 1. The van der Waals surface area contributed by atoms with E-state index in [4.69, 9.17) is 0 Å². The molecule has 1 saturated heterocycles. The molecule has 1 aromatic carbocycles. The minimum atomic E-state index is -0.270. The Morgan fingerprint density at radius 1 is 1.32 bits per heavy atom. The molecule has 0 saturated carbocycles. The van der Waals surface area contributed by atoms with Gasteiger partial charge in [-0.2, -0.15) is 0 Å². The Morgan fingerprint density at radius 3 is 2.74 bits per heavy atom. The highest BCUT2D eigenvalue weighted by atomic mass is 79.9. The second kappa shape index (κ2) is 7.01. The van der Waals surface area contributed by atoms with E-state index in [1.165, 1.54) is 12.5 Å². The Labute approximate surface area is 121 Å². The van der Waals surface area contributed by atoms with Gasteiger partial charge in [0.05, 0.1) is 11.0 Å². The molecular weight excluding hydrogens is 311 g/mol. The number of hydrogen-bond acceptors (Lipinski definition) is 2. The van der Waals surface area contributed by atoms with Crippen LogP contribution in [0.25, 0.3) is 0 Å².